The lowest BCUT2D eigenvalue weighted by Gasteiger charge is -2.32. The zero-order chi connectivity index (χ0) is 21.1. The van der Waals surface area contributed by atoms with Crippen molar-refractivity contribution in [1.82, 2.24) is 20.0 Å². The van der Waals surface area contributed by atoms with Gasteiger partial charge < -0.3 is 15.1 Å². The van der Waals surface area contributed by atoms with Crippen molar-refractivity contribution >= 4 is 23.4 Å². The first kappa shape index (κ1) is 20.1. The summed E-state index contributed by atoms with van der Waals surface area (Å²) in [4.78, 5) is 40.5. The number of piperidine rings is 1. The highest BCUT2D eigenvalue weighted by Gasteiger charge is 2.25. The molecule has 2 aliphatic heterocycles. The average Bonchev–Trinajstić information content (AvgIpc) is 3.37. The SMILES string of the molecule is Cn1cc(C(=O)NC2CCN(C(=O)Cc3ccc(N4CCCC4=O)cc3)CC2)cn1. The molecule has 158 valence electrons. The summed E-state index contributed by atoms with van der Waals surface area (Å²) in [5, 5.41) is 7.05. The van der Waals surface area contributed by atoms with E-state index in [0.29, 0.717) is 31.5 Å². The summed E-state index contributed by atoms with van der Waals surface area (Å²) >= 11 is 0. The van der Waals surface area contributed by atoms with E-state index in [1.54, 1.807) is 29.0 Å². The van der Waals surface area contributed by atoms with Crippen molar-refractivity contribution < 1.29 is 14.4 Å². The van der Waals surface area contributed by atoms with Crippen LogP contribution in [0.3, 0.4) is 0 Å². The molecule has 8 nitrogen and oxygen atoms in total. The molecule has 3 heterocycles. The maximum Gasteiger partial charge on any atom is 0.254 e. The molecule has 0 aliphatic carbocycles. The van der Waals surface area contributed by atoms with Crippen LogP contribution in [0.25, 0.3) is 0 Å². The van der Waals surface area contributed by atoms with E-state index in [9.17, 15) is 14.4 Å². The molecule has 1 aromatic heterocycles. The number of rotatable bonds is 5. The van der Waals surface area contributed by atoms with Crippen molar-refractivity contribution in [3.8, 4) is 0 Å². The fourth-order valence-electron chi connectivity index (χ4n) is 4.08. The third-order valence-corrected chi connectivity index (χ3v) is 5.83. The van der Waals surface area contributed by atoms with Crippen LogP contribution in [0, 0.1) is 0 Å². The second-order valence-corrected chi connectivity index (χ2v) is 8.02. The van der Waals surface area contributed by atoms with Crippen LogP contribution in [0.1, 0.15) is 41.6 Å². The lowest BCUT2D eigenvalue weighted by atomic mass is 10.0. The minimum absolute atomic E-state index is 0.0686. The Morgan fingerprint density at radius 3 is 2.47 bits per heavy atom. The van der Waals surface area contributed by atoms with E-state index in [4.69, 9.17) is 0 Å². The van der Waals surface area contributed by atoms with Gasteiger partial charge in [-0.1, -0.05) is 12.1 Å². The van der Waals surface area contributed by atoms with E-state index in [2.05, 4.69) is 10.4 Å². The number of nitrogens with zero attached hydrogens (tertiary/aromatic N) is 4. The molecule has 0 radical (unpaired) electrons. The monoisotopic (exact) mass is 409 g/mol. The van der Waals surface area contributed by atoms with Gasteiger partial charge in [-0.25, -0.2) is 0 Å². The van der Waals surface area contributed by atoms with Crippen molar-refractivity contribution in [2.24, 2.45) is 7.05 Å². The van der Waals surface area contributed by atoms with Crippen molar-refractivity contribution in [3.05, 3.63) is 47.8 Å². The summed E-state index contributed by atoms with van der Waals surface area (Å²) in [6.07, 6.45) is 6.59. The number of aryl methyl sites for hydroxylation is 1. The van der Waals surface area contributed by atoms with Gasteiger partial charge in [0.2, 0.25) is 11.8 Å². The Labute approximate surface area is 175 Å². The minimum atomic E-state index is -0.121. The van der Waals surface area contributed by atoms with Crippen LogP contribution in [0.5, 0.6) is 0 Å². The molecule has 0 spiro atoms. The molecule has 0 saturated carbocycles. The van der Waals surface area contributed by atoms with Crippen LogP contribution >= 0.6 is 0 Å². The zero-order valence-corrected chi connectivity index (χ0v) is 17.2. The molecule has 4 rings (SSSR count). The summed E-state index contributed by atoms with van der Waals surface area (Å²) in [5.74, 6) is 0.138. The average molecular weight is 409 g/mol. The molecule has 1 N–H and O–H groups in total. The third kappa shape index (κ3) is 4.53. The standard InChI is InChI=1S/C22H27N5O3/c1-25-15-17(14-23-25)22(30)24-18-8-11-26(12-9-18)21(29)13-16-4-6-19(7-5-16)27-10-2-3-20(27)28/h4-7,14-15,18H,2-3,8-13H2,1H3,(H,24,30). The number of hydrogen-bond acceptors (Lipinski definition) is 4. The summed E-state index contributed by atoms with van der Waals surface area (Å²) in [7, 11) is 1.78. The van der Waals surface area contributed by atoms with E-state index in [1.165, 1.54) is 0 Å². The lowest BCUT2D eigenvalue weighted by molar-refractivity contribution is -0.131. The molecule has 2 aromatic rings. The Bertz CT molecular complexity index is 929. The maximum atomic E-state index is 12.7. The van der Waals surface area contributed by atoms with Crippen LogP contribution in [0.4, 0.5) is 5.69 Å². The normalized spacial score (nSPS) is 17.4. The van der Waals surface area contributed by atoms with Crippen molar-refractivity contribution in [1.29, 1.82) is 0 Å². The smallest absolute Gasteiger partial charge is 0.254 e. The van der Waals surface area contributed by atoms with Crippen LogP contribution in [-0.4, -0.2) is 58.1 Å². The molecule has 2 aliphatic rings. The van der Waals surface area contributed by atoms with E-state index < -0.39 is 0 Å². The van der Waals surface area contributed by atoms with Gasteiger partial charge >= 0.3 is 0 Å². The number of carbonyl (C=O) groups excluding carboxylic acids is 3. The van der Waals surface area contributed by atoms with Crippen LogP contribution in [0.2, 0.25) is 0 Å². The van der Waals surface area contributed by atoms with Gasteiger partial charge in [-0.2, -0.15) is 5.10 Å². The first-order valence-corrected chi connectivity index (χ1v) is 10.5. The van der Waals surface area contributed by atoms with E-state index in [-0.39, 0.29) is 23.8 Å². The number of benzene rings is 1. The van der Waals surface area contributed by atoms with Crippen LogP contribution in [0.15, 0.2) is 36.7 Å². The predicted octanol–water partition coefficient (Wildman–Crippen LogP) is 1.51. The highest BCUT2D eigenvalue weighted by molar-refractivity contribution is 5.95. The molecule has 8 heteroatoms. The first-order valence-electron chi connectivity index (χ1n) is 10.5. The number of amides is 3. The molecular formula is C22H27N5O3. The summed E-state index contributed by atoms with van der Waals surface area (Å²) in [5.41, 5.74) is 2.40. The quantitative estimate of drug-likeness (QED) is 0.811. The van der Waals surface area contributed by atoms with Crippen molar-refractivity contribution in [2.45, 2.75) is 38.1 Å². The number of nitrogens with one attached hydrogen (secondary N) is 1. The number of aromatic nitrogens is 2. The molecule has 0 atom stereocenters. The second-order valence-electron chi connectivity index (χ2n) is 8.02. The third-order valence-electron chi connectivity index (χ3n) is 5.83. The Hall–Kier alpha value is -3.16. The van der Waals surface area contributed by atoms with Gasteiger partial charge in [-0.05, 0) is 37.0 Å². The summed E-state index contributed by atoms with van der Waals surface area (Å²) < 4.78 is 1.60. The molecule has 0 unspecified atom stereocenters. The van der Waals surface area contributed by atoms with Gasteiger partial charge in [-0.3, -0.25) is 19.1 Å². The van der Waals surface area contributed by atoms with Gasteiger partial charge in [0.15, 0.2) is 0 Å². The van der Waals surface area contributed by atoms with Crippen LogP contribution in [-0.2, 0) is 23.1 Å². The molecule has 3 amide bonds. The highest BCUT2D eigenvalue weighted by atomic mass is 16.2. The predicted molar refractivity (Wildman–Crippen MR) is 112 cm³/mol. The maximum absolute atomic E-state index is 12.7. The van der Waals surface area contributed by atoms with E-state index in [1.807, 2.05) is 29.2 Å². The molecule has 2 fully saturated rings. The minimum Gasteiger partial charge on any atom is -0.349 e. The molecule has 2 saturated heterocycles. The van der Waals surface area contributed by atoms with Gasteiger partial charge in [-0.15, -0.1) is 0 Å². The molecule has 0 bridgehead atoms. The molecular weight excluding hydrogens is 382 g/mol. The van der Waals surface area contributed by atoms with Gasteiger partial charge in [0.05, 0.1) is 18.2 Å². The summed E-state index contributed by atoms with van der Waals surface area (Å²) in [6.45, 7) is 2.04. The van der Waals surface area contributed by atoms with Gasteiger partial charge in [0.1, 0.15) is 0 Å². The van der Waals surface area contributed by atoms with Crippen LogP contribution < -0.4 is 10.2 Å². The molecule has 30 heavy (non-hydrogen) atoms. The fraction of sp³-hybridized carbons (Fsp3) is 0.455. The fourth-order valence-corrected chi connectivity index (χ4v) is 4.08. The van der Waals surface area contributed by atoms with Gasteiger partial charge in [0, 0.05) is 51.0 Å². The Balaban J connectivity index is 1.25. The second kappa shape index (κ2) is 8.69. The Morgan fingerprint density at radius 2 is 1.87 bits per heavy atom. The van der Waals surface area contributed by atoms with E-state index in [0.717, 1.165) is 37.1 Å². The lowest BCUT2D eigenvalue weighted by Crippen LogP contribution is -2.46. The topological polar surface area (TPSA) is 87.5 Å². The summed E-state index contributed by atoms with van der Waals surface area (Å²) in [6, 6.07) is 7.77. The number of hydrogen-bond donors (Lipinski definition) is 1. The highest BCUT2D eigenvalue weighted by Crippen LogP contribution is 2.22. The van der Waals surface area contributed by atoms with Crippen molar-refractivity contribution in [2.75, 3.05) is 24.5 Å². The number of carbonyl (C=O) groups is 3. The molecule has 1 aromatic carbocycles. The van der Waals surface area contributed by atoms with Gasteiger partial charge in [0.25, 0.3) is 5.91 Å². The Kier molecular flexibility index (Phi) is 5.83. The first-order chi connectivity index (χ1) is 14.5. The number of likely N-dealkylation sites (tertiary alicyclic amines) is 1. The number of anilines is 1. The Morgan fingerprint density at radius 1 is 1.13 bits per heavy atom. The largest absolute Gasteiger partial charge is 0.349 e. The van der Waals surface area contributed by atoms with E-state index >= 15 is 0 Å². The zero-order valence-electron chi connectivity index (χ0n) is 17.2. The van der Waals surface area contributed by atoms with Crippen molar-refractivity contribution in [3.63, 3.8) is 0 Å².